The fraction of sp³-hybridized carbons (Fsp3) is 0.500. The molecule has 0 fully saturated rings. The van der Waals surface area contributed by atoms with Gasteiger partial charge in [-0.3, -0.25) is 5.41 Å². The quantitative estimate of drug-likeness (QED) is 0.359. The summed E-state index contributed by atoms with van der Waals surface area (Å²) in [5.74, 6) is 0.781. The molecule has 1 aromatic rings. The number of amidine groups is 1. The van der Waals surface area contributed by atoms with Gasteiger partial charge in [0.15, 0.2) is 0 Å². The van der Waals surface area contributed by atoms with Gasteiger partial charge in [0.05, 0.1) is 33.0 Å². The Morgan fingerprint density at radius 3 is 2.05 bits per heavy atom. The van der Waals surface area contributed by atoms with Gasteiger partial charge >= 0.3 is 0 Å². The lowest BCUT2D eigenvalue weighted by Crippen LogP contribution is -2.12. The molecule has 0 aliphatic heterocycles. The third kappa shape index (κ3) is 7.08. The lowest BCUT2D eigenvalue weighted by atomic mass is 10.2. The van der Waals surface area contributed by atoms with E-state index in [4.69, 9.17) is 30.1 Å². The van der Waals surface area contributed by atoms with E-state index >= 15 is 0 Å². The summed E-state index contributed by atoms with van der Waals surface area (Å²) in [7, 11) is 1.64. The van der Waals surface area contributed by atoms with E-state index in [2.05, 4.69) is 0 Å². The highest BCUT2D eigenvalue weighted by molar-refractivity contribution is 5.94. The predicted molar refractivity (Wildman–Crippen MR) is 76.5 cm³/mol. The zero-order valence-electron chi connectivity index (χ0n) is 11.8. The van der Waals surface area contributed by atoms with Crippen LogP contribution >= 0.6 is 0 Å². The average molecular weight is 282 g/mol. The van der Waals surface area contributed by atoms with Gasteiger partial charge in [0.2, 0.25) is 0 Å². The summed E-state index contributed by atoms with van der Waals surface area (Å²) >= 11 is 0. The monoisotopic (exact) mass is 282 g/mol. The van der Waals surface area contributed by atoms with E-state index in [1.165, 1.54) is 0 Å². The number of nitrogens with two attached hydrogens (primary N) is 1. The third-order valence-electron chi connectivity index (χ3n) is 2.47. The summed E-state index contributed by atoms with van der Waals surface area (Å²) in [6, 6.07) is 7.07. The number of methoxy groups -OCH3 is 1. The van der Waals surface area contributed by atoms with Crippen LogP contribution in [0.2, 0.25) is 0 Å². The molecule has 0 aromatic heterocycles. The van der Waals surface area contributed by atoms with Crippen molar-refractivity contribution in [2.45, 2.75) is 0 Å². The second-order valence-corrected chi connectivity index (χ2v) is 4.00. The summed E-state index contributed by atoms with van der Waals surface area (Å²) < 4.78 is 20.9. The van der Waals surface area contributed by atoms with Gasteiger partial charge in [0.1, 0.15) is 18.2 Å². The minimum atomic E-state index is 0.0494. The highest BCUT2D eigenvalue weighted by atomic mass is 16.6. The molecule has 112 valence electrons. The van der Waals surface area contributed by atoms with Crippen molar-refractivity contribution in [3.05, 3.63) is 29.8 Å². The summed E-state index contributed by atoms with van der Waals surface area (Å²) in [5, 5.41) is 7.28. The second-order valence-electron chi connectivity index (χ2n) is 4.00. The third-order valence-corrected chi connectivity index (χ3v) is 2.47. The standard InChI is InChI=1S/C14H22N2O4/c1-17-6-7-18-8-9-19-10-11-20-13-4-2-12(3-5-13)14(15)16/h2-5H,6-11H2,1H3,(H3,15,16). The van der Waals surface area contributed by atoms with Crippen LogP contribution in [0, 0.1) is 5.41 Å². The van der Waals surface area contributed by atoms with Crippen molar-refractivity contribution in [3.8, 4) is 5.75 Å². The van der Waals surface area contributed by atoms with E-state index in [1.807, 2.05) is 0 Å². The molecule has 0 atom stereocenters. The normalized spacial score (nSPS) is 10.4. The van der Waals surface area contributed by atoms with Gasteiger partial charge in [-0.25, -0.2) is 0 Å². The molecule has 20 heavy (non-hydrogen) atoms. The molecule has 0 aliphatic rings. The van der Waals surface area contributed by atoms with Gasteiger partial charge in [0.25, 0.3) is 0 Å². The molecule has 0 spiro atoms. The largest absolute Gasteiger partial charge is 0.491 e. The fourth-order valence-corrected chi connectivity index (χ4v) is 1.41. The zero-order chi connectivity index (χ0) is 14.6. The molecular weight excluding hydrogens is 260 g/mol. The molecule has 1 aromatic carbocycles. The number of hydrogen-bond acceptors (Lipinski definition) is 5. The number of benzene rings is 1. The Balaban J connectivity index is 2.02. The molecule has 0 saturated heterocycles. The summed E-state index contributed by atoms with van der Waals surface area (Å²) in [4.78, 5) is 0. The minimum absolute atomic E-state index is 0.0494. The van der Waals surface area contributed by atoms with Crippen molar-refractivity contribution >= 4 is 5.84 Å². The van der Waals surface area contributed by atoms with E-state index in [0.29, 0.717) is 45.2 Å². The average Bonchev–Trinajstić information content (AvgIpc) is 2.46. The lowest BCUT2D eigenvalue weighted by Gasteiger charge is -2.08. The van der Waals surface area contributed by atoms with Crippen LogP contribution in [-0.2, 0) is 14.2 Å². The highest BCUT2D eigenvalue weighted by Gasteiger charge is 1.97. The number of nitrogen functional groups attached to an aromatic ring is 1. The Hall–Kier alpha value is -1.63. The van der Waals surface area contributed by atoms with E-state index < -0.39 is 0 Å². The summed E-state index contributed by atoms with van der Waals surface area (Å²) in [6.07, 6.45) is 0. The number of ether oxygens (including phenoxy) is 4. The molecule has 3 N–H and O–H groups in total. The van der Waals surface area contributed by atoms with E-state index in [9.17, 15) is 0 Å². The summed E-state index contributed by atoms with van der Waals surface area (Å²) in [5.41, 5.74) is 6.05. The Morgan fingerprint density at radius 2 is 1.50 bits per heavy atom. The van der Waals surface area contributed by atoms with Gasteiger partial charge in [-0.2, -0.15) is 0 Å². The Bertz CT molecular complexity index is 381. The van der Waals surface area contributed by atoms with Gasteiger partial charge < -0.3 is 24.7 Å². The maximum absolute atomic E-state index is 7.28. The first-order chi connectivity index (χ1) is 9.74. The molecule has 0 heterocycles. The molecule has 0 aliphatic carbocycles. The molecule has 0 radical (unpaired) electrons. The number of rotatable bonds is 11. The maximum Gasteiger partial charge on any atom is 0.122 e. The van der Waals surface area contributed by atoms with Gasteiger partial charge in [-0.15, -0.1) is 0 Å². The molecule has 1 rings (SSSR count). The summed E-state index contributed by atoms with van der Waals surface area (Å²) in [6.45, 7) is 3.24. The smallest absolute Gasteiger partial charge is 0.122 e. The second kappa shape index (κ2) is 10.2. The van der Waals surface area contributed by atoms with Crippen LogP contribution in [0.25, 0.3) is 0 Å². The van der Waals surface area contributed by atoms with E-state index in [0.717, 1.165) is 5.75 Å². The molecule has 0 amide bonds. The van der Waals surface area contributed by atoms with Crippen LogP contribution in [0.5, 0.6) is 5.75 Å². The van der Waals surface area contributed by atoms with Crippen LogP contribution < -0.4 is 10.5 Å². The first kappa shape index (κ1) is 16.4. The number of nitrogens with one attached hydrogen (secondary N) is 1. The van der Waals surface area contributed by atoms with Gasteiger partial charge in [-0.1, -0.05) is 0 Å². The molecule has 0 bridgehead atoms. The maximum atomic E-state index is 7.28. The van der Waals surface area contributed by atoms with Crippen molar-refractivity contribution in [1.82, 2.24) is 0 Å². The van der Waals surface area contributed by atoms with Crippen molar-refractivity contribution in [3.63, 3.8) is 0 Å². The van der Waals surface area contributed by atoms with Crippen molar-refractivity contribution in [1.29, 1.82) is 5.41 Å². The van der Waals surface area contributed by atoms with Crippen LogP contribution in [0.4, 0.5) is 0 Å². The van der Waals surface area contributed by atoms with Crippen LogP contribution in [0.15, 0.2) is 24.3 Å². The SMILES string of the molecule is COCCOCCOCCOc1ccc(C(=N)N)cc1. The topological polar surface area (TPSA) is 86.8 Å². The molecular formula is C14H22N2O4. The Kier molecular flexibility index (Phi) is 8.37. The van der Waals surface area contributed by atoms with Crippen LogP contribution in [-0.4, -0.2) is 52.6 Å². The first-order valence-electron chi connectivity index (χ1n) is 6.45. The fourth-order valence-electron chi connectivity index (χ4n) is 1.41. The lowest BCUT2D eigenvalue weighted by molar-refractivity contribution is 0.0180. The van der Waals surface area contributed by atoms with Crippen molar-refractivity contribution in [2.24, 2.45) is 5.73 Å². The molecule has 6 nitrogen and oxygen atoms in total. The Labute approximate surface area is 119 Å². The Morgan fingerprint density at radius 1 is 0.950 bits per heavy atom. The highest BCUT2D eigenvalue weighted by Crippen LogP contribution is 2.11. The minimum Gasteiger partial charge on any atom is -0.491 e. The zero-order valence-corrected chi connectivity index (χ0v) is 11.8. The molecule has 0 saturated carbocycles. The van der Waals surface area contributed by atoms with Crippen molar-refractivity contribution < 1.29 is 18.9 Å². The van der Waals surface area contributed by atoms with Crippen LogP contribution in [0.1, 0.15) is 5.56 Å². The number of hydrogen-bond donors (Lipinski definition) is 2. The molecule has 6 heteroatoms. The van der Waals surface area contributed by atoms with Gasteiger partial charge in [-0.05, 0) is 24.3 Å². The molecule has 0 unspecified atom stereocenters. The predicted octanol–water partition coefficient (Wildman–Crippen LogP) is 1.03. The van der Waals surface area contributed by atoms with Crippen molar-refractivity contribution in [2.75, 3.05) is 46.8 Å². The van der Waals surface area contributed by atoms with Crippen LogP contribution in [0.3, 0.4) is 0 Å². The first-order valence-corrected chi connectivity index (χ1v) is 6.45. The van der Waals surface area contributed by atoms with Gasteiger partial charge in [0, 0.05) is 12.7 Å². The van der Waals surface area contributed by atoms with E-state index in [-0.39, 0.29) is 5.84 Å². The van der Waals surface area contributed by atoms with E-state index in [1.54, 1.807) is 31.4 Å².